The second-order valence-electron chi connectivity index (χ2n) is 9.85. The van der Waals surface area contributed by atoms with E-state index in [4.69, 9.17) is 19.3 Å². The number of esters is 1. The van der Waals surface area contributed by atoms with Crippen LogP contribution >= 0.6 is 0 Å². The van der Waals surface area contributed by atoms with Gasteiger partial charge in [-0.15, -0.1) is 0 Å². The van der Waals surface area contributed by atoms with Crippen molar-refractivity contribution in [2.75, 3.05) is 13.2 Å². The molecule has 0 aromatic rings. The third-order valence-corrected chi connectivity index (χ3v) is 5.23. The molecule has 1 aliphatic heterocycles. The maximum atomic E-state index is 12.9. The van der Waals surface area contributed by atoms with Crippen LogP contribution in [0.15, 0.2) is 0 Å². The third kappa shape index (κ3) is 12.3. The van der Waals surface area contributed by atoms with E-state index < -0.39 is 90.6 Å². The number of rotatable bonds is 16. The first-order chi connectivity index (χ1) is 18.6. The number of carbonyl (C=O) groups is 7. The van der Waals surface area contributed by atoms with Crippen LogP contribution in [0.5, 0.6) is 0 Å². The van der Waals surface area contributed by atoms with E-state index in [1.165, 1.54) is 0 Å². The van der Waals surface area contributed by atoms with Crippen molar-refractivity contribution < 1.29 is 58.0 Å². The van der Waals surface area contributed by atoms with Gasteiger partial charge in [-0.25, -0.2) is 14.4 Å². The number of carbonyl (C=O) groups excluding carboxylic acids is 5. The summed E-state index contributed by atoms with van der Waals surface area (Å²) in [7, 11) is 0. The number of nitrogens with one attached hydrogen (secondary N) is 4. The van der Waals surface area contributed by atoms with Crippen LogP contribution < -0.4 is 21.3 Å². The highest BCUT2D eigenvalue weighted by Gasteiger charge is 2.51. The number of carboxylic acids is 2. The van der Waals surface area contributed by atoms with Crippen molar-refractivity contribution in [3.05, 3.63) is 0 Å². The van der Waals surface area contributed by atoms with Gasteiger partial charge < -0.3 is 45.7 Å². The summed E-state index contributed by atoms with van der Waals surface area (Å²) in [5.74, 6) is -5.98. The van der Waals surface area contributed by atoms with Gasteiger partial charge in [0.2, 0.25) is 11.8 Å². The summed E-state index contributed by atoms with van der Waals surface area (Å²) in [4.78, 5) is 84.5. The molecule has 1 fully saturated rings. The summed E-state index contributed by atoms with van der Waals surface area (Å²) in [6.45, 7) is 7.61. The number of amides is 4. The van der Waals surface area contributed by atoms with E-state index in [1.54, 1.807) is 34.6 Å². The molecule has 0 aliphatic carbocycles. The van der Waals surface area contributed by atoms with Crippen LogP contribution in [0.2, 0.25) is 0 Å². The molecular weight excluding hydrogens is 536 g/mol. The zero-order valence-corrected chi connectivity index (χ0v) is 23.1. The molecule has 1 rings (SSSR count). The molecule has 0 saturated carbocycles. The molecule has 4 amide bonds. The summed E-state index contributed by atoms with van der Waals surface area (Å²) >= 11 is 0. The number of ether oxygens (including phenoxy) is 3. The fraction of sp³-hybridized carbons (Fsp3) is 0.708. The molecular formula is C24H38N4O12. The van der Waals surface area contributed by atoms with Crippen LogP contribution in [0.25, 0.3) is 0 Å². The van der Waals surface area contributed by atoms with Crippen LogP contribution in [0.1, 0.15) is 60.3 Å². The lowest BCUT2D eigenvalue weighted by Gasteiger charge is -2.25. The number of epoxide rings is 1. The Kier molecular flexibility index (Phi) is 13.3. The Morgan fingerprint density at radius 2 is 1.43 bits per heavy atom. The molecule has 0 unspecified atom stereocenters. The van der Waals surface area contributed by atoms with Crippen LogP contribution in [-0.2, 0) is 43.0 Å². The molecule has 0 radical (unpaired) electrons. The first kappa shape index (κ1) is 34.1. The van der Waals surface area contributed by atoms with Gasteiger partial charge >= 0.3 is 24.0 Å². The van der Waals surface area contributed by atoms with Gasteiger partial charge in [0, 0.05) is 13.0 Å². The average molecular weight is 575 g/mol. The number of alkyl carbamates (subject to hydrolysis) is 1. The maximum absolute atomic E-state index is 12.9. The van der Waals surface area contributed by atoms with Gasteiger partial charge in [-0.2, -0.15) is 0 Å². The zero-order valence-electron chi connectivity index (χ0n) is 23.1. The Hall–Kier alpha value is -3.95. The molecule has 16 nitrogen and oxygen atoms in total. The molecule has 40 heavy (non-hydrogen) atoms. The Labute approximate surface area is 230 Å². The predicted molar refractivity (Wildman–Crippen MR) is 135 cm³/mol. The first-order valence-corrected chi connectivity index (χ1v) is 12.7. The van der Waals surface area contributed by atoms with E-state index in [1.807, 2.05) is 0 Å². The average Bonchev–Trinajstić information content (AvgIpc) is 3.63. The van der Waals surface area contributed by atoms with Crippen LogP contribution in [0, 0.1) is 0 Å². The Balaban J connectivity index is 2.83. The molecule has 1 aliphatic rings. The highest BCUT2D eigenvalue weighted by molar-refractivity contribution is 5.94. The lowest BCUT2D eigenvalue weighted by Crippen LogP contribution is -2.57. The van der Waals surface area contributed by atoms with E-state index in [2.05, 4.69) is 21.3 Å². The Bertz CT molecular complexity index is 964. The molecule has 6 N–H and O–H groups in total. The summed E-state index contributed by atoms with van der Waals surface area (Å²) in [5.41, 5.74) is -0.894. The number of aliphatic carboxylic acids is 2. The molecule has 0 aromatic carbocycles. The smallest absolute Gasteiger partial charge is 0.408 e. The largest absolute Gasteiger partial charge is 0.481 e. The minimum absolute atomic E-state index is 0.0749. The molecule has 1 saturated heterocycles. The minimum atomic E-state index is -1.60. The van der Waals surface area contributed by atoms with Crippen LogP contribution in [-0.4, -0.2) is 101 Å². The summed E-state index contributed by atoms with van der Waals surface area (Å²) in [6.07, 6.45) is -3.52. The van der Waals surface area contributed by atoms with Gasteiger partial charge in [0.05, 0.1) is 6.61 Å². The van der Waals surface area contributed by atoms with E-state index in [0.29, 0.717) is 6.42 Å². The fourth-order valence-electron chi connectivity index (χ4n) is 3.31. The summed E-state index contributed by atoms with van der Waals surface area (Å²) in [5, 5.41) is 27.7. The van der Waals surface area contributed by atoms with Gasteiger partial charge in [-0.1, -0.05) is 13.3 Å². The molecule has 0 spiro atoms. The van der Waals surface area contributed by atoms with Gasteiger partial charge in [0.15, 0.2) is 12.2 Å². The second kappa shape index (κ2) is 15.6. The maximum Gasteiger partial charge on any atom is 0.408 e. The van der Waals surface area contributed by atoms with E-state index in [0.717, 1.165) is 0 Å². The van der Waals surface area contributed by atoms with Crippen molar-refractivity contribution in [1.82, 2.24) is 21.3 Å². The van der Waals surface area contributed by atoms with Crippen LogP contribution in [0.4, 0.5) is 4.79 Å². The van der Waals surface area contributed by atoms with Crippen molar-refractivity contribution in [3.63, 3.8) is 0 Å². The first-order valence-electron chi connectivity index (χ1n) is 12.7. The lowest BCUT2D eigenvalue weighted by atomic mass is 10.1. The third-order valence-electron chi connectivity index (χ3n) is 5.23. The van der Waals surface area contributed by atoms with Gasteiger partial charge in [-0.05, 0) is 40.5 Å². The standard InChI is InChI=1S/C24H38N4O12/c1-6-8-12(26-19(32)13(9-10-15(29)30)28-23(37)40-24(3,4)5)18(31)27-14(21(34)35)11-25-20(33)16-17(39-16)22(36)38-7-2/h12-14,16-17H,6-11H2,1-5H3,(H,25,33)(H,26,32)(H,27,31)(H,28,37)(H,29,30)(H,34,35)/t12-,13-,14-,16+,17+/m0/s1. The summed E-state index contributed by atoms with van der Waals surface area (Å²) < 4.78 is 14.8. The Morgan fingerprint density at radius 3 is 1.93 bits per heavy atom. The number of hydrogen-bond donors (Lipinski definition) is 6. The number of carboxylic acid groups (broad SMARTS) is 2. The van der Waals surface area contributed by atoms with Crippen LogP contribution in [0.3, 0.4) is 0 Å². The molecule has 16 heteroatoms. The molecule has 5 atom stereocenters. The lowest BCUT2D eigenvalue weighted by molar-refractivity contribution is -0.145. The highest BCUT2D eigenvalue weighted by Crippen LogP contribution is 2.23. The van der Waals surface area contributed by atoms with Crippen molar-refractivity contribution >= 4 is 41.7 Å². The zero-order chi connectivity index (χ0) is 30.6. The molecule has 0 bridgehead atoms. The van der Waals surface area contributed by atoms with E-state index in [-0.39, 0.29) is 19.4 Å². The predicted octanol–water partition coefficient (Wildman–Crippen LogP) is -0.954. The molecule has 0 aromatic heterocycles. The van der Waals surface area contributed by atoms with Crippen molar-refractivity contribution in [2.45, 2.75) is 96.2 Å². The monoisotopic (exact) mass is 574 g/mol. The van der Waals surface area contributed by atoms with Gasteiger partial charge in [-0.3, -0.25) is 19.2 Å². The number of hydrogen-bond acceptors (Lipinski definition) is 10. The van der Waals surface area contributed by atoms with Crippen molar-refractivity contribution in [3.8, 4) is 0 Å². The quantitative estimate of drug-likeness (QED) is 0.0965. The normalized spacial score (nSPS) is 18.2. The molecule has 226 valence electrons. The van der Waals surface area contributed by atoms with E-state index >= 15 is 0 Å². The van der Waals surface area contributed by atoms with Crippen molar-refractivity contribution in [2.24, 2.45) is 0 Å². The second-order valence-corrected chi connectivity index (χ2v) is 9.85. The highest BCUT2D eigenvalue weighted by atomic mass is 16.6. The SMILES string of the molecule is CCC[C@H](NC(=O)[C@H](CCC(=O)O)NC(=O)OC(C)(C)C)C(=O)N[C@@H](CNC(=O)[C@@H]1O[C@H]1C(=O)OCC)C(=O)O. The van der Waals surface area contributed by atoms with E-state index in [9.17, 15) is 38.7 Å². The van der Waals surface area contributed by atoms with Crippen molar-refractivity contribution in [1.29, 1.82) is 0 Å². The van der Waals surface area contributed by atoms with Gasteiger partial charge in [0.1, 0.15) is 23.7 Å². The fourth-order valence-corrected chi connectivity index (χ4v) is 3.31. The summed E-state index contributed by atoms with van der Waals surface area (Å²) in [6, 6.07) is -4.21. The topological polar surface area (TPSA) is 239 Å². The minimum Gasteiger partial charge on any atom is -0.481 e. The van der Waals surface area contributed by atoms with Gasteiger partial charge in [0.25, 0.3) is 5.91 Å². The molecule has 1 heterocycles. The Morgan fingerprint density at radius 1 is 0.850 bits per heavy atom.